The number of halogens is 1. The standard InChI is InChI=1S/C24H19FN4O3S/c1-15-22(23(31)32-2)33-24(26-15)27-20(30)13-10-17-14-29(19-6-4-3-5-7-19)28-21(17)16-8-11-18(25)12-9-16/h3-14H,1-2H3,(H,26,27,30). The molecule has 0 aliphatic rings. The number of aromatic nitrogens is 3. The molecule has 166 valence electrons. The number of hydrogen-bond acceptors (Lipinski definition) is 6. The zero-order valence-corrected chi connectivity index (χ0v) is 18.6. The highest BCUT2D eigenvalue weighted by atomic mass is 32.1. The van der Waals surface area contributed by atoms with Crippen molar-refractivity contribution in [2.45, 2.75) is 6.92 Å². The summed E-state index contributed by atoms with van der Waals surface area (Å²) in [5.41, 5.74) is 3.31. The number of carbonyl (C=O) groups excluding carboxylic acids is 2. The third-order valence-electron chi connectivity index (χ3n) is 4.69. The zero-order chi connectivity index (χ0) is 23.4. The molecule has 0 spiro atoms. The minimum atomic E-state index is -0.502. The fraction of sp³-hybridized carbons (Fsp3) is 0.0833. The fourth-order valence-corrected chi connectivity index (χ4v) is 3.99. The third-order valence-corrected chi connectivity index (χ3v) is 5.75. The van der Waals surface area contributed by atoms with E-state index in [0.29, 0.717) is 32.5 Å². The average Bonchev–Trinajstić information content (AvgIpc) is 3.41. The van der Waals surface area contributed by atoms with Crippen LogP contribution >= 0.6 is 11.3 Å². The van der Waals surface area contributed by atoms with Gasteiger partial charge in [0.15, 0.2) is 5.13 Å². The van der Waals surface area contributed by atoms with Crippen LogP contribution in [0.15, 0.2) is 66.9 Å². The Morgan fingerprint density at radius 3 is 2.55 bits per heavy atom. The zero-order valence-electron chi connectivity index (χ0n) is 17.8. The van der Waals surface area contributed by atoms with Gasteiger partial charge in [-0.25, -0.2) is 18.9 Å². The van der Waals surface area contributed by atoms with Crippen LogP contribution in [-0.2, 0) is 9.53 Å². The molecule has 2 heterocycles. The highest BCUT2D eigenvalue weighted by Crippen LogP contribution is 2.26. The van der Waals surface area contributed by atoms with Gasteiger partial charge in [-0.05, 0) is 49.4 Å². The van der Waals surface area contributed by atoms with Crippen LogP contribution in [0, 0.1) is 12.7 Å². The van der Waals surface area contributed by atoms with Crippen LogP contribution in [0.3, 0.4) is 0 Å². The Kier molecular flexibility index (Phi) is 6.41. The number of methoxy groups -OCH3 is 1. The summed E-state index contributed by atoms with van der Waals surface area (Å²) in [6, 6.07) is 15.5. The van der Waals surface area contributed by atoms with Crippen LogP contribution in [0.5, 0.6) is 0 Å². The number of esters is 1. The Balaban J connectivity index is 1.61. The molecule has 0 saturated carbocycles. The van der Waals surface area contributed by atoms with E-state index in [2.05, 4.69) is 15.4 Å². The van der Waals surface area contributed by atoms with Crippen LogP contribution in [0.1, 0.15) is 20.9 Å². The molecule has 9 heteroatoms. The maximum Gasteiger partial charge on any atom is 0.350 e. The number of amides is 1. The SMILES string of the molecule is COC(=O)c1sc(NC(=O)C=Cc2cn(-c3ccccc3)nc2-c2ccc(F)cc2)nc1C. The Labute approximate surface area is 193 Å². The van der Waals surface area contributed by atoms with Gasteiger partial charge in [-0.1, -0.05) is 29.5 Å². The predicted octanol–water partition coefficient (Wildman–Crippen LogP) is 4.88. The van der Waals surface area contributed by atoms with Crippen LogP contribution < -0.4 is 5.32 Å². The fourth-order valence-electron chi connectivity index (χ4n) is 3.10. The van der Waals surface area contributed by atoms with Crippen molar-refractivity contribution in [2.24, 2.45) is 0 Å². The molecule has 1 amide bonds. The first-order valence-corrected chi connectivity index (χ1v) is 10.7. The summed E-state index contributed by atoms with van der Waals surface area (Å²) in [5.74, 6) is -1.27. The van der Waals surface area contributed by atoms with Crippen molar-refractivity contribution in [3.63, 3.8) is 0 Å². The van der Waals surface area contributed by atoms with E-state index in [9.17, 15) is 14.0 Å². The molecule has 0 aliphatic heterocycles. The number of para-hydroxylation sites is 1. The first-order chi connectivity index (χ1) is 15.9. The lowest BCUT2D eigenvalue weighted by molar-refractivity contribution is -0.111. The topological polar surface area (TPSA) is 86.1 Å². The van der Waals surface area contributed by atoms with Crippen LogP contribution in [0.2, 0.25) is 0 Å². The van der Waals surface area contributed by atoms with Crippen molar-refractivity contribution in [2.75, 3.05) is 12.4 Å². The number of rotatable bonds is 6. The van der Waals surface area contributed by atoms with E-state index in [1.165, 1.54) is 25.3 Å². The molecule has 0 saturated heterocycles. The monoisotopic (exact) mass is 462 g/mol. The van der Waals surface area contributed by atoms with Crippen molar-refractivity contribution < 1.29 is 18.7 Å². The van der Waals surface area contributed by atoms with Gasteiger partial charge in [-0.2, -0.15) is 5.10 Å². The molecule has 0 unspecified atom stereocenters. The molecule has 0 atom stereocenters. The van der Waals surface area contributed by atoms with Crippen molar-refractivity contribution >= 4 is 34.4 Å². The minimum absolute atomic E-state index is 0.293. The Bertz CT molecular complexity index is 1330. The summed E-state index contributed by atoms with van der Waals surface area (Å²) in [4.78, 5) is 28.8. The quantitative estimate of drug-likeness (QED) is 0.326. The first-order valence-electron chi connectivity index (χ1n) is 9.90. The lowest BCUT2D eigenvalue weighted by Crippen LogP contribution is -2.07. The molecule has 4 aromatic rings. The molecule has 0 radical (unpaired) electrons. The van der Waals surface area contributed by atoms with E-state index in [-0.39, 0.29) is 5.82 Å². The summed E-state index contributed by atoms with van der Waals surface area (Å²) in [7, 11) is 1.29. The molecule has 0 fully saturated rings. The molecule has 4 rings (SSSR count). The van der Waals surface area contributed by atoms with Gasteiger partial charge in [0.2, 0.25) is 5.91 Å². The number of thiazole rings is 1. The summed E-state index contributed by atoms with van der Waals surface area (Å²) in [6.45, 7) is 1.67. The lowest BCUT2D eigenvalue weighted by Gasteiger charge is -2.00. The number of benzene rings is 2. The number of carbonyl (C=O) groups is 2. The van der Waals surface area contributed by atoms with Crippen LogP contribution in [0.25, 0.3) is 23.0 Å². The smallest absolute Gasteiger partial charge is 0.350 e. The van der Waals surface area contributed by atoms with E-state index in [0.717, 1.165) is 17.0 Å². The highest BCUT2D eigenvalue weighted by Gasteiger charge is 2.16. The summed E-state index contributed by atoms with van der Waals surface area (Å²) < 4.78 is 19.8. The molecular weight excluding hydrogens is 443 g/mol. The Morgan fingerprint density at radius 1 is 1.12 bits per heavy atom. The maximum atomic E-state index is 13.4. The number of aryl methyl sites for hydroxylation is 1. The summed E-state index contributed by atoms with van der Waals surface area (Å²) >= 11 is 1.04. The number of hydrogen-bond donors (Lipinski definition) is 1. The van der Waals surface area contributed by atoms with Crippen molar-refractivity contribution in [1.82, 2.24) is 14.8 Å². The number of nitrogens with zero attached hydrogens (tertiary/aromatic N) is 3. The largest absolute Gasteiger partial charge is 0.465 e. The van der Waals surface area contributed by atoms with Gasteiger partial charge in [-0.15, -0.1) is 0 Å². The van der Waals surface area contributed by atoms with Crippen molar-refractivity contribution in [3.8, 4) is 16.9 Å². The lowest BCUT2D eigenvalue weighted by atomic mass is 10.1. The van der Waals surface area contributed by atoms with Crippen LogP contribution in [0.4, 0.5) is 9.52 Å². The van der Waals surface area contributed by atoms with Crippen molar-refractivity contribution in [3.05, 3.63) is 88.8 Å². The van der Waals surface area contributed by atoms with Gasteiger partial charge >= 0.3 is 5.97 Å². The van der Waals surface area contributed by atoms with E-state index in [4.69, 9.17) is 4.74 Å². The van der Waals surface area contributed by atoms with E-state index in [1.54, 1.807) is 36.0 Å². The van der Waals surface area contributed by atoms with Gasteiger partial charge in [0, 0.05) is 23.4 Å². The molecule has 0 aliphatic carbocycles. The second kappa shape index (κ2) is 9.58. The van der Waals surface area contributed by atoms with Crippen molar-refractivity contribution in [1.29, 1.82) is 0 Å². The second-order valence-corrected chi connectivity index (χ2v) is 7.97. The molecule has 2 aromatic heterocycles. The molecule has 1 N–H and O–H groups in total. The first kappa shape index (κ1) is 22.1. The van der Waals surface area contributed by atoms with Gasteiger partial charge in [0.25, 0.3) is 0 Å². The summed E-state index contributed by atoms with van der Waals surface area (Å²) in [5, 5.41) is 7.58. The predicted molar refractivity (Wildman–Crippen MR) is 125 cm³/mol. The number of nitrogens with one attached hydrogen (secondary N) is 1. The van der Waals surface area contributed by atoms with E-state index >= 15 is 0 Å². The van der Waals surface area contributed by atoms with Crippen LogP contribution in [-0.4, -0.2) is 33.8 Å². The highest BCUT2D eigenvalue weighted by molar-refractivity contribution is 7.17. The van der Waals surface area contributed by atoms with Gasteiger partial charge in [-0.3, -0.25) is 10.1 Å². The summed E-state index contributed by atoms with van der Waals surface area (Å²) in [6.07, 6.45) is 4.77. The second-order valence-electron chi connectivity index (χ2n) is 6.97. The van der Waals surface area contributed by atoms with E-state index in [1.807, 2.05) is 30.3 Å². The maximum absolute atomic E-state index is 13.4. The van der Waals surface area contributed by atoms with Gasteiger partial charge < -0.3 is 4.74 Å². The van der Waals surface area contributed by atoms with Gasteiger partial charge in [0.05, 0.1) is 24.2 Å². The molecule has 33 heavy (non-hydrogen) atoms. The number of ether oxygens (including phenoxy) is 1. The molecule has 0 bridgehead atoms. The van der Waals surface area contributed by atoms with Gasteiger partial charge in [0.1, 0.15) is 10.7 Å². The Morgan fingerprint density at radius 2 is 1.85 bits per heavy atom. The van der Waals surface area contributed by atoms with E-state index < -0.39 is 11.9 Å². The normalized spacial score (nSPS) is 11.0. The Hall–Kier alpha value is -4.11. The average molecular weight is 463 g/mol. The molecule has 7 nitrogen and oxygen atoms in total. The number of anilines is 1. The molecule has 2 aromatic carbocycles. The molecular formula is C24H19FN4O3S. The third kappa shape index (κ3) is 5.04. The minimum Gasteiger partial charge on any atom is -0.465 e.